The number of rotatable bonds is 6. The minimum absolute atomic E-state index is 0.201. The Labute approximate surface area is 99.7 Å². The van der Waals surface area contributed by atoms with Crippen molar-refractivity contribution in [2.24, 2.45) is 0 Å². The molecule has 0 fully saturated rings. The number of methoxy groups -OCH3 is 1. The molecule has 1 amide bonds. The second-order valence-electron chi connectivity index (χ2n) is 3.73. The average Bonchev–Trinajstić information content (AvgIpc) is 2.75. The number of hydrogen-bond acceptors (Lipinski definition) is 4. The van der Waals surface area contributed by atoms with E-state index < -0.39 is 0 Å². The predicted octanol–water partition coefficient (Wildman–Crippen LogP) is 0.791. The lowest BCUT2D eigenvalue weighted by atomic mass is 10.2. The molecule has 0 saturated heterocycles. The van der Waals surface area contributed by atoms with Crippen LogP contribution in [0.15, 0.2) is 6.07 Å². The molecular weight excluding hydrogens is 222 g/mol. The fourth-order valence-electron chi connectivity index (χ4n) is 1.32. The molecule has 0 radical (unpaired) electrons. The van der Waals surface area contributed by atoms with Gasteiger partial charge in [0.1, 0.15) is 5.69 Å². The van der Waals surface area contributed by atoms with E-state index in [0.717, 1.165) is 12.1 Å². The molecule has 0 bridgehead atoms. The summed E-state index contributed by atoms with van der Waals surface area (Å²) in [7, 11) is 1.37. The Bertz CT molecular complexity index is 387. The van der Waals surface area contributed by atoms with E-state index in [1.54, 1.807) is 6.07 Å². The van der Waals surface area contributed by atoms with Gasteiger partial charge in [-0.3, -0.25) is 14.7 Å². The molecule has 94 valence electrons. The van der Waals surface area contributed by atoms with Crippen LogP contribution >= 0.6 is 0 Å². The molecule has 17 heavy (non-hydrogen) atoms. The summed E-state index contributed by atoms with van der Waals surface area (Å²) in [6.07, 6.45) is 1.82. The van der Waals surface area contributed by atoms with E-state index in [-0.39, 0.29) is 11.9 Å². The Morgan fingerprint density at radius 3 is 2.82 bits per heavy atom. The molecule has 0 atom stereocenters. The van der Waals surface area contributed by atoms with Gasteiger partial charge in [-0.1, -0.05) is 0 Å². The van der Waals surface area contributed by atoms with Crippen LogP contribution in [0.25, 0.3) is 0 Å². The summed E-state index contributed by atoms with van der Waals surface area (Å²) in [4.78, 5) is 22.3. The molecule has 1 aromatic heterocycles. The van der Waals surface area contributed by atoms with Gasteiger partial charge in [-0.2, -0.15) is 5.10 Å². The first-order valence-corrected chi connectivity index (χ1v) is 5.50. The van der Waals surface area contributed by atoms with Gasteiger partial charge in [0, 0.05) is 18.7 Å². The van der Waals surface area contributed by atoms with Gasteiger partial charge in [-0.15, -0.1) is 0 Å². The minimum atomic E-state index is -0.223. The maximum Gasteiger partial charge on any atom is 0.305 e. The number of H-pyrrole nitrogens is 1. The quantitative estimate of drug-likeness (QED) is 0.568. The number of carbonyl (C=O) groups excluding carboxylic acids is 2. The first kappa shape index (κ1) is 13.2. The van der Waals surface area contributed by atoms with E-state index >= 15 is 0 Å². The molecule has 0 aliphatic heterocycles. The Morgan fingerprint density at radius 1 is 1.47 bits per heavy atom. The third kappa shape index (κ3) is 4.67. The van der Waals surface area contributed by atoms with Gasteiger partial charge in [0.05, 0.1) is 7.11 Å². The van der Waals surface area contributed by atoms with Crippen molar-refractivity contribution in [2.75, 3.05) is 13.7 Å². The van der Waals surface area contributed by atoms with E-state index in [1.165, 1.54) is 7.11 Å². The molecule has 0 aliphatic rings. The van der Waals surface area contributed by atoms with Crippen LogP contribution in [0.2, 0.25) is 0 Å². The summed E-state index contributed by atoms with van der Waals surface area (Å²) in [5, 5.41) is 9.28. The predicted molar refractivity (Wildman–Crippen MR) is 61.5 cm³/mol. The lowest BCUT2D eigenvalue weighted by molar-refractivity contribution is -0.140. The van der Waals surface area contributed by atoms with Crippen molar-refractivity contribution < 1.29 is 14.3 Å². The van der Waals surface area contributed by atoms with Crippen LogP contribution < -0.4 is 5.32 Å². The molecule has 0 aliphatic carbocycles. The van der Waals surface area contributed by atoms with Crippen LogP contribution in [-0.2, 0) is 9.53 Å². The zero-order valence-corrected chi connectivity index (χ0v) is 10.1. The highest BCUT2D eigenvalue weighted by Gasteiger charge is 2.08. The van der Waals surface area contributed by atoms with Crippen LogP contribution in [0, 0.1) is 6.92 Å². The number of unbranched alkanes of at least 4 members (excludes halogenated alkanes) is 1. The van der Waals surface area contributed by atoms with Crippen molar-refractivity contribution >= 4 is 11.9 Å². The molecule has 6 nitrogen and oxygen atoms in total. The molecule has 1 heterocycles. The highest BCUT2D eigenvalue weighted by Crippen LogP contribution is 1.99. The largest absolute Gasteiger partial charge is 0.469 e. The Hall–Kier alpha value is -1.85. The van der Waals surface area contributed by atoms with Gasteiger partial charge in [0.15, 0.2) is 0 Å². The fourth-order valence-corrected chi connectivity index (χ4v) is 1.32. The Balaban J connectivity index is 2.15. The third-order valence-corrected chi connectivity index (χ3v) is 2.26. The lowest BCUT2D eigenvalue weighted by Gasteiger charge is -2.02. The standard InChI is InChI=1S/C11H17N3O3/c1-8-7-9(14-13-8)11(16)12-6-4-3-5-10(15)17-2/h7H,3-6H2,1-2H3,(H,12,16)(H,13,14). The van der Waals surface area contributed by atoms with Crippen molar-refractivity contribution in [1.82, 2.24) is 15.5 Å². The molecular formula is C11H17N3O3. The van der Waals surface area contributed by atoms with Gasteiger partial charge >= 0.3 is 5.97 Å². The van der Waals surface area contributed by atoms with Crippen molar-refractivity contribution in [2.45, 2.75) is 26.2 Å². The fraction of sp³-hybridized carbons (Fsp3) is 0.545. The third-order valence-electron chi connectivity index (χ3n) is 2.26. The maximum absolute atomic E-state index is 11.5. The summed E-state index contributed by atoms with van der Waals surface area (Å²) >= 11 is 0. The van der Waals surface area contributed by atoms with E-state index in [2.05, 4.69) is 20.3 Å². The molecule has 0 aromatic carbocycles. The first-order valence-electron chi connectivity index (χ1n) is 5.50. The van der Waals surface area contributed by atoms with Crippen LogP contribution in [0.1, 0.15) is 35.4 Å². The molecule has 2 N–H and O–H groups in total. The monoisotopic (exact) mass is 239 g/mol. The number of ether oxygens (including phenoxy) is 1. The van der Waals surface area contributed by atoms with Crippen LogP contribution in [0.3, 0.4) is 0 Å². The lowest BCUT2D eigenvalue weighted by Crippen LogP contribution is -2.24. The summed E-state index contributed by atoms with van der Waals surface area (Å²) in [5.74, 6) is -0.424. The number of esters is 1. The van der Waals surface area contributed by atoms with E-state index in [4.69, 9.17) is 0 Å². The molecule has 1 aromatic rings. The summed E-state index contributed by atoms with van der Waals surface area (Å²) < 4.78 is 4.51. The van der Waals surface area contributed by atoms with Gasteiger partial charge in [-0.25, -0.2) is 0 Å². The van der Waals surface area contributed by atoms with Gasteiger partial charge in [-0.05, 0) is 25.8 Å². The zero-order chi connectivity index (χ0) is 12.7. The van der Waals surface area contributed by atoms with Crippen LogP contribution in [0.5, 0.6) is 0 Å². The Kier molecular flexibility index (Phi) is 5.19. The minimum Gasteiger partial charge on any atom is -0.469 e. The first-order chi connectivity index (χ1) is 8.13. The number of carbonyl (C=O) groups is 2. The van der Waals surface area contributed by atoms with Gasteiger partial charge in [0.25, 0.3) is 5.91 Å². The smallest absolute Gasteiger partial charge is 0.305 e. The zero-order valence-electron chi connectivity index (χ0n) is 10.1. The number of aromatic amines is 1. The Morgan fingerprint density at radius 2 is 2.24 bits per heavy atom. The molecule has 0 saturated carbocycles. The second kappa shape index (κ2) is 6.67. The molecule has 6 heteroatoms. The van der Waals surface area contributed by atoms with Gasteiger partial charge in [0.2, 0.25) is 0 Å². The van der Waals surface area contributed by atoms with Crippen LogP contribution in [0.4, 0.5) is 0 Å². The van der Waals surface area contributed by atoms with E-state index in [9.17, 15) is 9.59 Å². The number of aromatic nitrogens is 2. The maximum atomic E-state index is 11.5. The van der Waals surface area contributed by atoms with E-state index in [1.807, 2.05) is 6.92 Å². The normalized spacial score (nSPS) is 10.0. The molecule has 0 spiro atoms. The van der Waals surface area contributed by atoms with Crippen molar-refractivity contribution in [3.05, 3.63) is 17.5 Å². The second-order valence-corrected chi connectivity index (χ2v) is 3.73. The number of amides is 1. The number of nitrogens with one attached hydrogen (secondary N) is 2. The average molecular weight is 239 g/mol. The molecule has 0 unspecified atom stereocenters. The van der Waals surface area contributed by atoms with Crippen molar-refractivity contribution in [3.63, 3.8) is 0 Å². The number of aryl methyl sites for hydroxylation is 1. The summed E-state index contributed by atoms with van der Waals surface area (Å²) in [5.41, 5.74) is 1.23. The topological polar surface area (TPSA) is 84.1 Å². The molecule has 1 rings (SSSR count). The summed E-state index contributed by atoms with van der Waals surface area (Å²) in [6.45, 7) is 2.36. The highest BCUT2D eigenvalue weighted by atomic mass is 16.5. The summed E-state index contributed by atoms with van der Waals surface area (Å²) in [6, 6.07) is 1.68. The SMILES string of the molecule is COC(=O)CCCCNC(=O)c1cc(C)[nH]n1. The van der Waals surface area contributed by atoms with Gasteiger partial charge < -0.3 is 10.1 Å². The van der Waals surface area contributed by atoms with E-state index in [0.29, 0.717) is 25.1 Å². The van der Waals surface area contributed by atoms with Crippen molar-refractivity contribution in [3.8, 4) is 0 Å². The number of hydrogen-bond donors (Lipinski definition) is 2. The van der Waals surface area contributed by atoms with Crippen molar-refractivity contribution in [1.29, 1.82) is 0 Å². The van der Waals surface area contributed by atoms with Crippen LogP contribution in [-0.4, -0.2) is 35.7 Å². The highest BCUT2D eigenvalue weighted by molar-refractivity contribution is 5.92. The number of nitrogens with zero attached hydrogens (tertiary/aromatic N) is 1.